The third kappa shape index (κ3) is 1.27. The summed E-state index contributed by atoms with van der Waals surface area (Å²) in [5.41, 5.74) is 10.2. The molecule has 0 unspecified atom stereocenters. The molecule has 2 heteroatoms. The topological polar surface area (TPSA) is 41.8 Å². The zero-order valence-electron chi connectivity index (χ0n) is 8.77. The number of hydrogen-bond donors (Lipinski definition) is 2. The number of anilines is 1. The smallest absolute Gasteiger partial charge is 0.0578 e. The van der Waals surface area contributed by atoms with Crippen molar-refractivity contribution in [2.45, 2.75) is 0 Å². The Morgan fingerprint density at radius 1 is 0.875 bits per heavy atom. The first-order chi connectivity index (χ1) is 7.86. The zero-order chi connectivity index (χ0) is 11.0. The number of aromatic amines is 1. The van der Waals surface area contributed by atoms with E-state index in [4.69, 9.17) is 5.73 Å². The lowest BCUT2D eigenvalue weighted by molar-refractivity contribution is 1.48. The molecule has 3 N–H and O–H groups in total. The van der Waals surface area contributed by atoms with Gasteiger partial charge < -0.3 is 10.7 Å². The molecule has 0 aliphatic heterocycles. The van der Waals surface area contributed by atoms with E-state index in [0.29, 0.717) is 0 Å². The predicted molar refractivity (Wildman–Crippen MR) is 68.1 cm³/mol. The average Bonchev–Trinajstić information content (AvgIpc) is 2.73. The lowest BCUT2D eigenvalue weighted by Crippen LogP contribution is -1.84. The Hall–Kier alpha value is -2.22. The number of H-pyrrole nitrogens is 1. The molecular formula is C14H12N2. The molecule has 0 spiro atoms. The Balaban J connectivity index is 2.36. The number of benzene rings is 2. The first-order valence-corrected chi connectivity index (χ1v) is 5.27. The second kappa shape index (κ2) is 3.42. The highest BCUT2D eigenvalue weighted by Crippen LogP contribution is 2.31. The lowest BCUT2D eigenvalue weighted by Gasteiger charge is -2.04. The molecule has 3 aromatic rings. The Bertz CT molecular complexity index is 624. The number of aromatic nitrogens is 1. The maximum absolute atomic E-state index is 5.98. The quantitative estimate of drug-likeness (QED) is 0.632. The van der Waals surface area contributed by atoms with E-state index < -0.39 is 0 Å². The summed E-state index contributed by atoms with van der Waals surface area (Å²) in [6.07, 6.45) is 1.84. The Labute approximate surface area is 93.7 Å². The van der Waals surface area contributed by atoms with Crippen molar-refractivity contribution in [2.75, 3.05) is 5.73 Å². The van der Waals surface area contributed by atoms with E-state index >= 15 is 0 Å². The van der Waals surface area contributed by atoms with E-state index in [2.05, 4.69) is 23.2 Å². The summed E-state index contributed by atoms with van der Waals surface area (Å²) in [7, 11) is 0. The summed E-state index contributed by atoms with van der Waals surface area (Å²) >= 11 is 0. The van der Waals surface area contributed by atoms with E-state index in [1.165, 1.54) is 11.1 Å². The maximum atomic E-state index is 5.98. The van der Waals surface area contributed by atoms with Crippen LogP contribution in [-0.4, -0.2) is 4.98 Å². The summed E-state index contributed by atoms with van der Waals surface area (Å²) < 4.78 is 0. The highest BCUT2D eigenvalue weighted by Gasteiger charge is 2.06. The van der Waals surface area contributed by atoms with Crippen molar-refractivity contribution in [3.63, 3.8) is 0 Å². The number of fused-ring (bicyclic) bond motifs is 1. The fourth-order valence-corrected chi connectivity index (χ4v) is 2.07. The minimum Gasteiger partial charge on any atom is -0.397 e. The molecule has 0 fully saturated rings. The van der Waals surface area contributed by atoms with Gasteiger partial charge in [0.05, 0.1) is 5.69 Å². The van der Waals surface area contributed by atoms with Crippen molar-refractivity contribution in [3.05, 3.63) is 54.7 Å². The van der Waals surface area contributed by atoms with Crippen LogP contribution in [0, 0.1) is 0 Å². The van der Waals surface area contributed by atoms with Crippen LogP contribution in [0.25, 0.3) is 22.0 Å². The molecule has 3 rings (SSSR count). The summed E-state index contributed by atoms with van der Waals surface area (Å²) in [5.74, 6) is 0. The van der Waals surface area contributed by atoms with Gasteiger partial charge in [0.15, 0.2) is 0 Å². The van der Waals surface area contributed by atoms with Gasteiger partial charge in [-0.3, -0.25) is 0 Å². The Kier molecular flexibility index (Phi) is 1.93. The summed E-state index contributed by atoms with van der Waals surface area (Å²) in [6.45, 7) is 0. The lowest BCUT2D eigenvalue weighted by atomic mass is 10.0. The van der Waals surface area contributed by atoms with Gasteiger partial charge >= 0.3 is 0 Å². The molecule has 0 saturated carbocycles. The Morgan fingerprint density at radius 3 is 2.50 bits per heavy atom. The molecule has 1 heterocycles. The van der Waals surface area contributed by atoms with Crippen molar-refractivity contribution < 1.29 is 0 Å². The molecule has 0 saturated heterocycles. The van der Waals surface area contributed by atoms with Crippen LogP contribution >= 0.6 is 0 Å². The van der Waals surface area contributed by atoms with Crippen LogP contribution in [0.3, 0.4) is 0 Å². The van der Waals surface area contributed by atoms with Gasteiger partial charge in [0.2, 0.25) is 0 Å². The monoisotopic (exact) mass is 208 g/mol. The van der Waals surface area contributed by atoms with E-state index in [1.54, 1.807) is 0 Å². The normalized spacial score (nSPS) is 10.8. The van der Waals surface area contributed by atoms with Crippen molar-refractivity contribution in [2.24, 2.45) is 0 Å². The van der Waals surface area contributed by atoms with Gasteiger partial charge in [-0.05, 0) is 17.2 Å². The van der Waals surface area contributed by atoms with Gasteiger partial charge in [-0.2, -0.15) is 0 Å². The number of hydrogen-bond acceptors (Lipinski definition) is 1. The number of nitrogens with one attached hydrogen (secondary N) is 1. The highest BCUT2D eigenvalue weighted by molar-refractivity contribution is 6.03. The van der Waals surface area contributed by atoms with Crippen LogP contribution in [0.2, 0.25) is 0 Å². The van der Waals surface area contributed by atoms with Gasteiger partial charge in [-0.15, -0.1) is 0 Å². The van der Waals surface area contributed by atoms with Crippen LogP contribution in [0.4, 0.5) is 5.69 Å². The van der Waals surface area contributed by atoms with Crippen molar-refractivity contribution in [1.82, 2.24) is 4.98 Å². The average molecular weight is 208 g/mol. The number of nitrogen functional groups attached to an aromatic ring is 1. The maximum Gasteiger partial charge on any atom is 0.0578 e. The van der Waals surface area contributed by atoms with Crippen molar-refractivity contribution >= 4 is 16.6 Å². The van der Waals surface area contributed by atoms with Gasteiger partial charge in [-0.1, -0.05) is 42.5 Å². The fourth-order valence-electron chi connectivity index (χ4n) is 2.07. The highest BCUT2D eigenvalue weighted by atomic mass is 14.7. The molecule has 1 aromatic heterocycles. The molecule has 0 amide bonds. The van der Waals surface area contributed by atoms with Gasteiger partial charge in [0.1, 0.15) is 0 Å². The third-order valence-electron chi connectivity index (χ3n) is 2.82. The molecule has 78 valence electrons. The van der Waals surface area contributed by atoms with Crippen LogP contribution in [-0.2, 0) is 0 Å². The van der Waals surface area contributed by atoms with E-state index in [-0.39, 0.29) is 0 Å². The molecule has 2 nitrogen and oxygen atoms in total. The second-order valence-corrected chi connectivity index (χ2v) is 3.84. The first kappa shape index (κ1) is 9.04. The summed E-state index contributed by atoms with van der Waals surface area (Å²) in [6, 6.07) is 16.5. The molecule has 0 bridgehead atoms. The van der Waals surface area contributed by atoms with E-state index in [1.807, 2.05) is 36.5 Å². The first-order valence-electron chi connectivity index (χ1n) is 5.27. The van der Waals surface area contributed by atoms with Crippen molar-refractivity contribution in [1.29, 1.82) is 0 Å². The molecule has 0 aliphatic carbocycles. The summed E-state index contributed by atoms with van der Waals surface area (Å²) in [4.78, 5) is 3.17. The zero-order valence-corrected chi connectivity index (χ0v) is 8.77. The van der Waals surface area contributed by atoms with Crippen LogP contribution in [0.1, 0.15) is 0 Å². The SMILES string of the molecule is Nc1c[nH]c2cccc(-c3ccccc3)c12. The molecule has 0 atom stereocenters. The largest absolute Gasteiger partial charge is 0.397 e. The van der Waals surface area contributed by atoms with E-state index in [9.17, 15) is 0 Å². The van der Waals surface area contributed by atoms with Gasteiger partial charge in [-0.25, -0.2) is 0 Å². The number of rotatable bonds is 1. The second-order valence-electron chi connectivity index (χ2n) is 3.84. The number of nitrogens with two attached hydrogens (primary N) is 1. The van der Waals surface area contributed by atoms with Crippen LogP contribution < -0.4 is 5.73 Å². The van der Waals surface area contributed by atoms with E-state index in [0.717, 1.165) is 16.6 Å². The summed E-state index contributed by atoms with van der Waals surface area (Å²) in [5, 5.41) is 1.11. The Morgan fingerprint density at radius 2 is 1.69 bits per heavy atom. The standard InChI is InChI=1S/C14H12N2/c15-12-9-16-13-8-4-7-11(14(12)13)10-5-2-1-3-6-10/h1-9,16H,15H2. The predicted octanol–water partition coefficient (Wildman–Crippen LogP) is 3.42. The molecule has 0 radical (unpaired) electrons. The fraction of sp³-hybridized carbons (Fsp3) is 0. The van der Waals surface area contributed by atoms with Gasteiger partial charge in [0.25, 0.3) is 0 Å². The van der Waals surface area contributed by atoms with Crippen LogP contribution in [0.15, 0.2) is 54.7 Å². The van der Waals surface area contributed by atoms with Crippen molar-refractivity contribution in [3.8, 4) is 11.1 Å². The molecular weight excluding hydrogens is 196 g/mol. The molecule has 2 aromatic carbocycles. The van der Waals surface area contributed by atoms with Crippen LogP contribution in [0.5, 0.6) is 0 Å². The minimum absolute atomic E-state index is 0.800. The van der Waals surface area contributed by atoms with Gasteiger partial charge in [0, 0.05) is 17.1 Å². The molecule has 16 heavy (non-hydrogen) atoms. The minimum atomic E-state index is 0.800. The third-order valence-corrected chi connectivity index (χ3v) is 2.82. The molecule has 0 aliphatic rings.